The molecule has 0 bridgehead atoms. The van der Waals surface area contributed by atoms with Gasteiger partial charge in [0.25, 0.3) is 5.69 Å². The smallest absolute Gasteiger partial charge is 0.273 e. The van der Waals surface area contributed by atoms with Gasteiger partial charge in [0, 0.05) is 17.8 Å². The molecule has 0 radical (unpaired) electrons. The predicted molar refractivity (Wildman–Crippen MR) is 71.7 cm³/mol. The van der Waals surface area contributed by atoms with E-state index in [9.17, 15) is 10.1 Å². The summed E-state index contributed by atoms with van der Waals surface area (Å²) < 4.78 is 5.62. The number of benzene rings is 1. The zero-order valence-corrected chi connectivity index (χ0v) is 10.9. The Morgan fingerprint density at radius 2 is 2.21 bits per heavy atom. The summed E-state index contributed by atoms with van der Waals surface area (Å²) in [6.45, 7) is 1.81. The van der Waals surface area contributed by atoms with E-state index in [0.29, 0.717) is 11.6 Å². The Hall–Kier alpha value is -2.14. The topological polar surface area (TPSA) is 65.3 Å². The Kier molecular flexibility index (Phi) is 3.97. The molecule has 0 aliphatic carbocycles. The fourth-order valence-corrected chi connectivity index (χ4v) is 1.74. The number of nitrogens with zero attached hydrogens (tertiary/aromatic N) is 2. The van der Waals surface area contributed by atoms with Crippen molar-refractivity contribution in [3.8, 4) is 11.6 Å². The van der Waals surface area contributed by atoms with Crippen molar-refractivity contribution in [2.24, 2.45) is 0 Å². The van der Waals surface area contributed by atoms with E-state index in [1.165, 1.54) is 12.1 Å². The number of hydrogen-bond donors (Lipinski definition) is 0. The van der Waals surface area contributed by atoms with Gasteiger partial charge in [-0.25, -0.2) is 4.98 Å². The summed E-state index contributed by atoms with van der Waals surface area (Å²) in [5.41, 5.74) is 1.50. The maximum atomic E-state index is 10.8. The van der Waals surface area contributed by atoms with Crippen LogP contribution in [0.2, 0.25) is 0 Å². The number of rotatable bonds is 4. The Morgan fingerprint density at radius 3 is 2.89 bits per heavy atom. The van der Waals surface area contributed by atoms with Crippen LogP contribution in [0.5, 0.6) is 11.6 Å². The first-order chi connectivity index (χ1) is 9.11. The molecule has 2 rings (SSSR count). The van der Waals surface area contributed by atoms with E-state index in [0.717, 1.165) is 11.1 Å². The SMILES string of the molecule is Cc1ccc([N+](=O)[O-])cc1Oc1ncccc1CCl. The number of aryl methyl sites for hydroxylation is 1. The van der Waals surface area contributed by atoms with Gasteiger partial charge in [-0.2, -0.15) is 0 Å². The minimum Gasteiger partial charge on any atom is -0.438 e. The van der Waals surface area contributed by atoms with Gasteiger partial charge in [0.1, 0.15) is 5.75 Å². The van der Waals surface area contributed by atoms with Crippen molar-refractivity contribution in [2.75, 3.05) is 0 Å². The summed E-state index contributed by atoms with van der Waals surface area (Å²) in [6.07, 6.45) is 1.58. The van der Waals surface area contributed by atoms with Crippen LogP contribution in [0, 0.1) is 17.0 Å². The third-order valence-corrected chi connectivity index (χ3v) is 2.87. The Balaban J connectivity index is 2.37. The molecule has 5 nitrogen and oxygen atoms in total. The first kappa shape index (κ1) is 13.3. The summed E-state index contributed by atoms with van der Waals surface area (Å²) in [6, 6.07) is 7.99. The standard InChI is InChI=1S/C13H11ClN2O3/c1-9-4-5-11(16(17)18)7-12(9)19-13-10(8-14)3-2-6-15-13/h2-7H,8H2,1H3. The molecule has 0 N–H and O–H groups in total. The summed E-state index contributed by atoms with van der Waals surface area (Å²) in [4.78, 5) is 14.4. The normalized spacial score (nSPS) is 10.2. The van der Waals surface area contributed by atoms with Crippen LogP contribution in [-0.2, 0) is 5.88 Å². The highest BCUT2D eigenvalue weighted by Crippen LogP contribution is 2.29. The second kappa shape index (κ2) is 5.67. The summed E-state index contributed by atoms with van der Waals surface area (Å²) in [5, 5.41) is 10.8. The van der Waals surface area contributed by atoms with Crippen molar-refractivity contribution in [3.63, 3.8) is 0 Å². The molecule has 0 aliphatic rings. The molecule has 0 saturated heterocycles. The number of nitro benzene ring substituents is 1. The van der Waals surface area contributed by atoms with Crippen LogP contribution >= 0.6 is 11.6 Å². The molecule has 1 heterocycles. The maximum Gasteiger partial charge on any atom is 0.273 e. The van der Waals surface area contributed by atoms with Gasteiger partial charge in [-0.05, 0) is 24.6 Å². The van der Waals surface area contributed by atoms with E-state index in [4.69, 9.17) is 16.3 Å². The lowest BCUT2D eigenvalue weighted by atomic mass is 10.2. The van der Waals surface area contributed by atoms with Crippen LogP contribution < -0.4 is 4.74 Å². The van der Waals surface area contributed by atoms with E-state index in [-0.39, 0.29) is 11.6 Å². The number of nitro groups is 1. The average Bonchev–Trinajstić information content (AvgIpc) is 2.41. The van der Waals surface area contributed by atoms with Crippen molar-refractivity contribution in [3.05, 3.63) is 57.8 Å². The van der Waals surface area contributed by atoms with Crippen molar-refractivity contribution < 1.29 is 9.66 Å². The Morgan fingerprint density at radius 1 is 1.42 bits per heavy atom. The van der Waals surface area contributed by atoms with Gasteiger partial charge < -0.3 is 4.74 Å². The Bertz CT molecular complexity index is 617. The number of halogens is 1. The fraction of sp³-hybridized carbons (Fsp3) is 0.154. The van der Waals surface area contributed by atoms with Gasteiger partial charge in [0.05, 0.1) is 16.9 Å². The molecule has 0 saturated carbocycles. The molecule has 1 aromatic carbocycles. The van der Waals surface area contributed by atoms with E-state index < -0.39 is 4.92 Å². The highest BCUT2D eigenvalue weighted by Gasteiger charge is 2.12. The Labute approximate surface area is 115 Å². The van der Waals surface area contributed by atoms with Crippen molar-refractivity contribution in [1.29, 1.82) is 0 Å². The lowest BCUT2D eigenvalue weighted by molar-refractivity contribution is -0.384. The van der Waals surface area contributed by atoms with Crippen LogP contribution in [0.1, 0.15) is 11.1 Å². The highest BCUT2D eigenvalue weighted by atomic mass is 35.5. The van der Waals surface area contributed by atoms with Crippen LogP contribution in [0.15, 0.2) is 36.5 Å². The number of aromatic nitrogens is 1. The minimum atomic E-state index is -0.465. The summed E-state index contributed by atoms with van der Waals surface area (Å²) >= 11 is 5.79. The summed E-state index contributed by atoms with van der Waals surface area (Å²) in [5.74, 6) is 1.03. The predicted octanol–water partition coefficient (Wildman–Crippen LogP) is 3.83. The molecular weight excluding hydrogens is 268 g/mol. The summed E-state index contributed by atoms with van der Waals surface area (Å²) in [7, 11) is 0. The molecule has 0 fully saturated rings. The van der Waals surface area contributed by atoms with Gasteiger partial charge in [-0.1, -0.05) is 6.07 Å². The molecule has 0 amide bonds. The first-order valence-corrected chi connectivity index (χ1v) is 6.08. The van der Waals surface area contributed by atoms with Crippen molar-refractivity contribution >= 4 is 17.3 Å². The molecule has 19 heavy (non-hydrogen) atoms. The zero-order valence-electron chi connectivity index (χ0n) is 10.2. The number of non-ortho nitro benzene ring substituents is 1. The molecule has 0 aliphatic heterocycles. The maximum absolute atomic E-state index is 10.8. The molecule has 2 aromatic rings. The van der Waals surface area contributed by atoms with E-state index in [1.807, 2.05) is 6.92 Å². The van der Waals surface area contributed by atoms with Gasteiger partial charge >= 0.3 is 0 Å². The molecule has 0 spiro atoms. The van der Waals surface area contributed by atoms with Crippen LogP contribution in [0.4, 0.5) is 5.69 Å². The second-order valence-corrected chi connectivity index (χ2v) is 4.18. The minimum absolute atomic E-state index is 0.0241. The fourth-order valence-electron chi connectivity index (χ4n) is 1.53. The van der Waals surface area contributed by atoms with Gasteiger partial charge in [-0.15, -0.1) is 11.6 Å². The van der Waals surface area contributed by atoms with Gasteiger partial charge in [-0.3, -0.25) is 10.1 Å². The van der Waals surface area contributed by atoms with Gasteiger partial charge in [0.2, 0.25) is 5.88 Å². The molecule has 6 heteroatoms. The van der Waals surface area contributed by atoms with E-state index in [1.54, 1.807) is 24.4 Å². The lowest BCUT2D eigenvalue weighted by Crippen LogP contribution is -1.96. The number of ether oxygens (including phenoxy) is 1. The van der Waals surface area contributed by atoms with Crippen molar-refractivity contribution in [2.45, 2.75) is 12.8 Å². The highest BCUT2D eigenvalue weighted by molar-refractivity contribution is 6.17. The van der Waals surface area contributed by atoms with Crippen LogP contribution in [-0.4, -0.2) is 9.91 Å². The van der Waals surface area contributed by atoms with Crippen LogP contribution in [0.25, 0.3) is 0 Å². The number of alkyl halides is 1. The third-order valence-electron chi connectivity index (χ3n) is 2.58. The van der Waals surface area contributed by atoms with E-state index in [2.05, 4.69) is 4.98 Å². The quantitative estimate of drug-likeness (QED) is 0.484. The van der Waals surface area contributed by atoms with Gasteiger partial charge in [0.15, 0.2) is 0 Å². The first-order valence-electron chi connectivity index (χ1n) is 5.54. The second-order valence-electron chi connectivity index (χ2n) is 3.91. The monoisotopic (exact) mass is 278 g/mol. The molecule has 0 unspecified atom stereocenters. The van der Waals surface area contributed by atoms with Crippen LogP contribution in [0.3, 0.4) is 0 Å². The third kappa shape index (κ3) is 3.00. The molecule has 1 aromatic heterocycles. The molecule has 0 atom stereocenters. The van der Waals surface area contributed by atoms with E-state index >= 15 is 0 Å². The number of pyridine rings is 1. The zero-order chi connectivity index (χ0) is 13.8. The van der Waals surface area contributed by atoms with Crippen molar-refractivity contribution in [1.82, 2.24) is 4.98 Å². The lowest BCUT2D eigenvalue weighted by Gasteiger charge is -2.10. The largest absolute Gasteiger partial charge is 0.438 e. The number of hydrogen-bond acceptors (Lipinski definition) is 4. The molecular formula is C13H11ClN2O3. The molecule has 98 valence electrons. The average molecular weight is 279 g/mol.